The van der Waals surface area contributed by atoms with Gasteiger partial charge in [0, 0.05) is 12.6 Å². The predicted molar refractivity (Wildman–Crippen MR) is 79.4 cm³/mol. The molecule has 0 spiro atoms. The Morgan fingerprint density at radius 2 is 2.05 bits per heavy atom. The van der Waals surface area contributed by atoms with Crippen LogP contribution in [0.4, 0.5) is 0 Å². The van der Waals surface area contributed by atoms with Gasteiger partial charge in [-0.05, 0) is 50.9 Å². The van der Waals surface area contributed by atoms with Crippen LogP contribution in [0.25, 0.3) is 0 Å². The summed E-state index contributed by atoms with van der Waals surface area (Å²) in [6.07, 6.45) is 5.00. The van der Waals surface area contributed by atoms with Crippen molar-refractivity contribution in [2.24, 2.45) is 11.7 Å². The van der Waals surface area contributed by atoms with Crippen LogP contribution in [0.15, 0.2) is 30.3 Å². The number of benzene rings is 1. The normalized spacial score (nSPS) is 22.9. The lowest BCUT2D eigenvalue weighted by atomic mass is 10.0. The van der Waals surface area contributed by atoms with Crippen LogP contribution in [-0.2, 0) is 0 Å². The van der Waals surface area contributed by atoms with Crippen molar-refractivity contribution in [1.82, 2.24) is 4.90 Å². The topological polar surface area (TPSA) is 38.5 Å². The summed E-state index contributed by atoms with van der Waals surface area (Å²) in [5, 5.41) is 0. The molecule has 2 unspecified atom stereocenters. The zero-order valence-electron chi connectivity index (χ0n) is 11.9. The third kappa shape index (κ3) is 4.22. The highest BCUT2D eigenvalue weighted by molar-refractivity contribution is 5.20. The van der Waals surface area contributed by atoms with Gasteiger partial charge >= 0.3 is 0 Å². The van der Waals surface area contributed by atoms with Gasteiger partial charge in [0.05, 0.1) is 6.61 Å². The molecule has 1 aromatic carbocycles. The summed E-state index contributed by atoms with van der Waals surface area (Å²) in [5.74, 6) is 1.66. The Kier molecular flexibility index (Phi) is 5.67. The smallest absolute Gasteiger partial charge is 0.119 e. The van der Waals surface area contributed by atoms with Crippen molar-refractivity contribution in [2.75, 3.05) is 26.7 Å². The van der Waals surface area contributed by atoms with Crippen LogP contribution in [0.1, 0.15) is 25.7 Å². The maximum Gasteiger partial charge on any atom is 0.119 e. The first-order chi connectivity index (χ1) is 9.31. The van der Waals surface area contributed by atoms with Gasteiger partial charge < -0.3 is 15.4 Å². The lowest BCUT2D eigenvalue weighted by molar-refractivity contribution is 0.183. The average Bonchev–Trinajstić information content (AvgIpc) is 2.93. The second kappa shape index (κ2) is 7.51. The van der Waals surface area contributed by atoms with E-state index in [9.17, 15) is 0 Å². The van der Waals surface area contributed by atoms with E-state index in [0.29, 0.717) is 12.0 Å². The van der Waals surface area contributed by atoms with Gasteiger partial charge in [-0.3, -0.25) is 0 Å². The van der Waals surface area contributed by atoms with E-state index in [1.165, 1.54) is 19.3 Å². The molecule has 0 radical (unpaired) electrons. The molecule has 2 N–H and O–H groups in total. The van der Waals surface area contributed by atoms with Gasteiger partial charge in [0.1, 0.15) is 5.75 Å². The summed E-state index contributed by atoms with van der Waals surface area (Å²) in [7, 11) is 2.22. The first-order valence-electron chi connectivity index (χ1n) is 7.39. The lowest BCUT2D eigenvalue weighted by Gasteiger charge is -2.29. The van der Waals surface area contributed by atoms with Crippen molar-refractivity contribution in [3.05, 3.63) is 30.3 Å². The quantitative estimate of drug-likeness (QED) is 0.767. The molecule has 19 heavy (non-hydrogen) atoms. The Labute approximate surface area is 116 Å². The third-order valence-corrected chi connectivity index (χ3v) is 4.15. The molecule has 1 aliphatic rings. The zero-order valence-corrected chi connectivity index (χ0v) is 11.9. The maximum atomic E-state index is 5.84. The van der Waals surface area contributed by atoms with Crippen molar-refractivity contribution in [2.45, 2.75) is 31.7 Å². The van der Waals surface area contributed by atoms with Gasteiger partial charge in [-0.15, -0.1) is 0 Å². The molecule has 1 aromatic rings. The summed E-state index contributed by atoms with van der Waals surface area (Å²) in [6.45, 7) is 2.71. The molecule has 0 bridgehead atoms. The Morgan fingerprint density at radius 3 is 2.79 bits per heavy atom. The van der Waals surface area contributed by atoms with Gasteiger partial charge in [-0.2, -0.15) is 0 Å². The van der Waals surface area contributed by atoms with Crippen molar-refractivity contribution < 1.29 is 4.74 Å². The number of hydrogen-bond acceptors (Lipinski definition) is 3. The molecule has 0 heterocycles. The second-order valence-electron chi connectivity index (χ2n) is 5.49. The van der Waals surface area contributed by atoms with Crippen LogP contribution in [0.3, 0.4) is 0 Å². The first-order valence-corrected chi connectivity index (χ1v) is 7.39. The number of hydrogen-bond donors (Lipinski definition) is 1. The van der Waals surface area contributed by atoms with E-state index < -0.39 is 0 Å². The Morgan fingerprint density at radius 1 is 1.26 bits per heavy atom. The summed E-state index contributed by atoms with van der Waals surface area (Å²) in [5.41, 5.74) is 5.84. The van der Waals surface area contributed by atoms with Crippen molar-refractivity contribution >= 4 is 0 Å². The molecule has 106 valence electrons. The average molecular weight is 262 g/mol. The Balaban J connectivity index is 1.65. The van der Waals surface area contributed by atoms with Gasteiger partial charge in [0.15, 0.2) is 0 Å². The largest absolute Gasteiger partial charge is 0.494 e. The van der Waals surface area contributed by atoms with Crippen molar-refractivity contribution in [1.29, 1.82) is 0 Å². The van der Waals surface area contributed by atoms with E-state index in [1.807, 2.05) is 30.3 Å². The van der Waals surface area contributed by atoms with Crippen LogP contribution < -0.4 is 10.5 Å². The molecule has 2 atom stereocenters. The minimum Gasteiger partial charge on any atom is -0.494 e. The van der Waals surface area contributed by atoms with Gasteiger partial charge in [-0.25, -0.2) is 0 Å². The van der Waals surface area contributed by atoms with Gasteiger partial charge in [-0.1, -0.05) is 24.6 Å². The molecule has 2 rings (SSSR count). The number of para-hydroxylation sites is 1. The molecule has 3 heteroatoms. The standard InChI is InChI=1S/C16H26N2O/c1-18(16-10-5-7-14(16)13-17)11-6-12-19-15-8-3-2-4-9-15/h2-4,8-9,14,16H,5-7,10-13,17H2,1H3. The highest BCUT2D eigenvalue weighted by atomic mass is 16.5. The molecular formula is C16H26N2O. The summed E-state index contributed by atoms with van der Waals surface area (Å²) < 4.78 is 5.72. The molecule has 3 nitrogen and oxygen atoms in total. The van der Waals surface area contributed by atoms with Gasteiger partial charge in [0.25, 0.3) is 0 Å². The Hall–Kier alpha value is -1.06. The molecule has 0 aliphatic heterocycles. The number of rotatable bonds is 7. The van der Waals surface area contributed by atoms with Crippen molar-refractivity contribution in [3.8, 4) is 5.75 Å². The maximum absolute atomic E-state index is 5.84. The molecule has 0 saturated heterocycles. The fourth-order valence-corrected chi connectivity index (χ4v) is 3.06. The zero-order chi connectivity index (χ0) is 13.5. The van der Waals surface area contributed by atoms with E-state index in [2.05, 4.69) is 11.9 Å². The fourth-order valence-electron chi connectivity index (χ4n) is 3.06. The number of nitrogens with two attached hydrogens (primary N) is 1. The monoisotopic (exact) mass is 262 g/mol. The highest BCUT2D eigenvalue weighted by Crippen LogP contribution is 2.28. The van der Waals surface area contributed by atoms with E-state index in [4.69, 9.17) is 10.5 Å². The predicted octanol–water partition coefficient (Wildman–Crippen LogP) is 2.51. The lowest BCUT2D eigenvalue weighted by Crippen LogP contribution is -2.38. The van der Waals surface area contributed by atoms with Crippen LogP contribution in [0, 0.1) is 5.92 Å². The second-order valence-corrected chi connectivity index (χ2v) is 5.49. The minimum atomic E-state index is 0.682. The molecule has 1 saturated carbocycles. The fraction of sp³-hybridized carbons (Fsp3) is 0.625. The minimum absolute atomic E-state index is 0.682. The Bertz CT molecular complexity index is 355. The molecule has 0 aromatic heterocycles. The van der Waals surface area contributed by atoms with Crippen LogP contribution in [0.5, 0.6) is 5.75 Å². The molecular weight excluding hydrogens is 236 g/mol. The van der Waals surface area contributed by atoms with Crippen LogP contribution in [-0.4, -0.2) is 37.7 Å². The summed E-state index contributed by atoms with van der Waals surface area (Å²) in [6, 6.07) is 10.7. The highest BCUT2D eigenvalue weighted by Gasteiger charge is 2.28. The SMILES string of the molecule is CN(CCCOc1ccccc1)C1CCCC1CN. The van der Waals surface area contributed by atoms with E-state index >= 15 is 0 Å². The number of nitrogens with zero attached hydrogens (tertiary/aromatic N) is 1. The van der Waals surface area contributed by atoms with E-state index in [-0.39, 0.29) is 0 Å². The van der Waals surface area contributed by atoms with Crippen LogP contribution in [0.2, 0.25) is 0 Å². The van der Waals surface area contributed by atoms with Gasteiger partial charge in [0.2, 0.25) is 0 Å². The molecule has 1 aliphatic carbocycles. The molecule has 1 fully saturated rings. The summed E-state index contributed by atoms with van der Waals surface area (Å²) in [4.78, 5) is 2.47. The third-order valence-electron chi connectivity index (χ3n) is 4.15. The number of ether oxygens (including phenoxy) is 1. The first kappa shape index (κ1) is 14.4. The van der Waals surface area contributed by atoms with Crippen LogP contribution >= 0.6 is 0 Å². The van der Waals surface area contributed by atoms with E-state index in [0.717, 1.165) is 31.9 Å². The molecule has 0 amide bonds. The van der Waals surface area contributed by atoms with E-state index in [1.54, 1.807) is 0 Å². The summed E-state index contributed by atoms with van der Waals surface area (Å²) >= 11 is 0. The van der Waals surface area contributed by atoms with Crippen molar-refractivity contribution in [3.63, 3.8) is 0 Å².